The molecule has 2 bridgehead atoms. The van der Waals surface area contributed by atoms with Crippen molar-refractivity contribution in [3.8, 4) is 11.5 Å². The molecule has 4 heteroatoms. The number of methoxy groups -OCH3 is 1. The van der Waals surface area contributed by atoms with Gasteiger partial charge in [-0.25, -0.2) is 0 Å². The number of aliphatic hydroxyl groups excluding tert-OH is 1. The summed E-state index contributed by atoms with van der Waals surface area (Å²) in [4.78, 5) is 1.27. The van der Waals surface area contributed by atoms with Crippen molar-refractivity contribution in [2.75, 3.05) is 20.6 Å². The highest BCUT2D eigenvalue weighted by atomic mass is 16.5. The lowest BCUT2D eigenvalue weighted by Crippen LogP contribution is -2.64. The summed E-state index contributed by atoms with van der Waals surface area (Å²) in [6, 6.07) is 2.12. The van der Waals surface area contributed by atoms with Crippen molar-refractivity contribution >= 4 is 0 Å². The first kappa shape index (κ1) is 8.37. The predicted molar refractivity (Wildman–Crippen MR) is 82.5 cm³/mol. The Hall–Kier alpha value is -1.52. The highest BCUT2D eigenvalue weighted by Gasteiger charge is 2.64. The van der Waals surface area contributed by atoms with E-state index in [0.29, 0.717) is 17.9 Å². The second kappa shape index (κ2) is 4.06. The van der Waals surface area contributed by atoms with Crippen LogP contribution in [0.3, 0.4) is 0 Å². The van der Waals surface area contributed by atoms with E-state index in [2.05, 4.69) is 0 Å². The van der Waals surface area contributed by atoms with Crippen LogP contribution < -0.4 is 9.47 Å². The fourth-order valence-electron chi connectivity index (χ4n) is 4.71. The first-order valence-electron chi connectivity index (χ1n) is 10.5. The van der Waals surface area contributed by atoms with Crippen LogP contribution in [0.5, 0.6) is 11.5 Å². The largest absolute Gasteiger partial charge is 0.493 e. The van der Waals surface area contributed by atoms with Crippen molar-refractivity contribution in [1.82, 2.24) is 4.90 Å². The van der Waals surface area contributed by atoms with Gasteiger partial charge in [-0.05, 0) is 38.0 Å². The van der Waals surface area contributed by atoms with Gasteiger partial charge >= 0.3 is 0 Å². The quantitative estimate of drug-likeness (QED) is 0.841. The van der Waals surface area contributed by atoms with Gasteiger partial charge in [0.2, 0.25) is 1.43 Å². The normalized spacial score (nSPS) is 52.2. The summed E-state index contributed by atoms with van der Waals surface area (Å²) >= 11 is 0. The van der Waals surface area contributed by atoms with Crippen LogP contribution in [-0.4, -0.2) is 50.3 Å². The third kappa shape index (κ3) is 1.28. The fraction of sp³-hybridized carbons (Fsp3) is 0.556. The molecule has 4 aliphatic rings. The zero-order valence-electron chi connectivity index (χ0n) is 18.3. The van der Waals surface area contributed by atoms with E-state index in [-0.39, 0.29) is 13.0 Å². The monoisotopic (exact) mass is 305 g/mol. The van der Waals surface area contributed by atoms with E-state index < -0.39 is 36.5 Å². The van der Waals surface area contributed by atoms with Crippen molar-refractivity contribution in [2.45, 2.75) is 36.5 Å². The Morgan fingerprint density at radius 1 is 1.55 bits per heavy atom. The molecule has 0 aromatic heterocycles. The van der Waals surface area contributed by atoms with Crippen molar-refractivity contribution in [3.05, 3.63) is 35.4 Å². The third-order valence-electron chi connectivity index (χ3n) is 5.60. The molecule has 5 rings (SSSR count). The van der Waals surface area contributed by atoms with E-state index >= 15 is 0 Å². The molecule has 1 saturated heterocycles. The Bertz CT molecular complexity index is 891. The molecule has 5 atom stereocenters. The number of aliphatic hydroxyl groups is 1. The first-order chi connectivity index (χ1) is 13.1. The molecule has 4 nitrogen and oxygen atoms in total. The summed E-state index contributed by atoms with van der Waals surface area (Å²) < 4.78 is 61.6. The van der Waals surface area contributed by atoms with E-state index in [1.165, 1.54) is 12.0 Å². The lowest BCUT2D eigenvalue weighted by Gasteiger charge is -2.56. The van der Waals surface area contributed by atoms with Gasteiger partial charge in [-0.2, -0.15) is 0 Å². The molecule has 2 aliphatic heterocycles. The molecule has 0 amide bonds. The average Bonchev–Trinajstić information content (AvgIpc) is 2.88. The van der Waals surface area contributed by atoms with Gasteiger partial charge in [0.25, 0.3) is 0 Å². The molecule has 0 radical (unpaired) electrons. The van der Waals surface area contributed by atoms with Gasteiger partial charge in [-0.1, -0.05) is 18.2 Å². The first-order valence-corrected chi connectivity index (χ1v) is 7.61. The number of nitrogens with zero attached hydrogens (tertiary/aromatic N) is 1. The molecular formula is C18H21NO3. The van der Waals surface area contributed by atoms with Crippen LogP contribution in [0.1, 0.15) is 24.4 Å². The Labute approximate surface area is 138 Å². The highest BCUT2D eigenvalue weighted by molar-refractivity contribution is 5.62. The minimum Gasteiger partial charge on any atom is -0.493 e. The van der Waals surface area contributed by atoms with Gasteiger partial charge in [0.05, 0.1) is 8.48 Å². The summed E-state index contributed by atoms with van der Waals surface area (Å²) in [6.07, 6.45) is 1.22. The van der Waals surface area contributed by atoms with Crippen molar-refractivity contribution in [1.29, 1.82) is 1.43 Å². The van der Waals surface area contributed by atoms with Crippen LogP contribution in [0, 0.1) is 5.92 Å². The Morgan fingerprint density at radius 3 is 3.32 bits per heavy atom. The molecule has 1 spiro atoms. The number of hydrogen-bond donors (Lipinski definition) is 1. The summed E-state index contributed by atoms with van der Waals surface area (Å²) in [7, 11) is 1.53. The molecule has 1 fully saturated rings. The minimum absolute atomic E-state index is 0.134. The van der Waals surface area contributed by atoms with Gasteiger partial charge in [0.1, 0.15) is 12.2 Å². The lowest BCUT2D eigenvalue weighted by atomic mass is 9.53. The smallest absolute Gasteiger partial charge is 0.211 e. The summed E-state index contributed by atoms with van der Waals surface area (Å²) in [5.41, 5.74) is 0.629. The Morgan fingerprint density at radius 2 is 2.50 bits per heavy atom. The topological polar surface area (TPSA) is 41.9 Å². The minimum atomic E-state index is -2.42. The zero-order chi connectivity index (χ0) is 20.1. The number of likely N-dealkylation sites (N-methyl/N-ethyl adjacent to an activating group) is 1. The molecule has 1 N–H and O–H groups in total. The molecule has 2 aliphatic carbocycles. The van der Waals surface area contributed by atoms with Crippen LogP contribution in [-0.2, 0) is 11.8 Å². The molecule has 1 aromatic carbocycles. The molecule has 22 heavy (non-hydrogen) atoms. The SMILES string of the molecule is [2H]OC1C=C[C@H]2[C@@]3([2H])Cc4ccc(OC)c5c4[C@@]2(CCN3C([2H])([2H])[2H])C1([2H])O5. The fourth-order valence-corrected chi connectivity index (χ4v) is 4.71. The number of likely N-dealkylation sites (tertiary alicyclic amines) is 1. The number of rotatable bonds is 2. The summed E-state index contributed by atoms with van der Waals surface area (Å²) in [5.74, 6) is 0.362. The molecule has 116 valence electrons. The van der Waals surface area contributed by atoms with Gasteiger partial charge in [0, 0.05) is 28.4 Å². The molecular weight excluding hydrogens is 278 g/mol. The molecule has 2 unspecified atom stereocenters. The maximum absolute atomic E-state index is 9.29. The number of piperidine rings is 1. The summed E-state index contributed by atoms with van der Waals surface area (Å²) in [6.45, 7) is -2.29. The average molecular weight is 305 g/mol. The van der Waals surface area contributed by atoms with E-state index in [1.807, 2.05) is 6.07 Å². The second-order valence-corrected chi connectivity index (χ2v) is 6.42. The maximum Gasteiger partial charge on any atom is 0.211 e. The maximum atomic E-state index is 9.29. The predicted octanol–water partition coefficient (Wildman–Crippen LogP) is 1.50. The standard InChI is InChI=1S/C18H21NO3/c1-19-8-7-18-11-4-5-13(20)17(18)22-16-14(21-2)6-3-10(15(16)18)9-12(11)19/h3-6,11-13,17,20H,7-9H2,1-2H3/t11-,12+,13?,17?,18-/m0/s1/i1D3,12D,17D,20D. The molecule has 2 heterocycles. The van der Waals surface area contributed by atoms with Gasteiger partial charge in [0.15, 0.2) is 11.5 Å². The zero-order valence-corrected chi connectivity index (χ0v) is 12.3. The highest BCUT2D eigenvalue weighted by Crippen LogP contribution is 2.62. The van der Waals surface area contributed by atoms with E-state index in [0.717, 1.165) is 11.1 Å². The number of benzene rings is 1. The number of ether oxygens (including phenoxy) is 2. The van der Waals surface area contributed by atoms with Crippen LogP contribution in [0.25, 0.3) is 0 Å². The van der Waals surface area contributed by atoms with Crippen LogP contribution in [0.15, 0.2) is 24.3 Å². The third-order valence-corrected chi connectivity index (χ3v) is 5.60. The van der Waals surface area contributed by atoms with Crippen LogP contribution in [0.2, 0.25) is 0 Å². The van der Waals surface area contributed by atoms with E-state index in [1.54, 1.807) is 18.2 Å². The van der Waals surface area contributed by atoms with Crippen LogP contribution in [0.4, 0.5) is 0 Å². The van der Waals surface area contributed by atoms with Crippen LogP contribution >= 0.6 is 0 Å². The Balaban J connectivity index is 1.84. The molecule has 0 saturated carbocycles. The van der Waals surface area contributed by atoms with Gasteiger partial charge in [-0.3, -0.25) is 0 Å². The van der Waals surface area contributed by atoms with Gasteiger partial charge in [-0.15, -0.1) is 0 Å². The van der Waals surface area contributed by atoms with E-state index in [4.69, 9.17) is 20.1 Å². The van der Waals surface area contributed by atoms with Crippen molar-refractivity contribution in [2.24, 2.45) is 5.92 Å². The second-order valence-electron chi connectivity index (χ2n) is 6.42. The molecule has 1 aromatic rings. The Kier molecular flexibility index (Phi) is 1.54. The van der Waals surface area contributed by atoms with Gasteiger partial charge < -0.3 is 19.5 Å². The summed E-state index contributed by atoms with van der Waals surface area (Å²) in [5, 5.41) is 4.86. The van der Waals surface area contributed by atoms with E-state index in [9.17, 15) is 2.74 Å². The van der Waals surface area contributed by atoms with Crippen molar-refractivity contribution in [3.63, 3.8) is 0 Å². The van der Waals surface area contributed by atoms with Crippen molar-refractivity contribution < 1.29 is 21.4 Å². The lowest BCUT2D eigenvalue weighted by molar-refractivity contribution is -0.0453. The number of hydrogen-bond acceptors (Lipinski definition) is 4.